The first-order chi connectivity index (χ1) is 15.1. The van der Waals surface area contributed by atoms with Crippen LogP contribution in [0.5, 0.6) is 5.75 Å². The fourth-order valence-corrected chi connectivity index (χ4v) is 4.89. The summed E-state index contributed by atoms with van der Waals surface area (Å²) in [6.07, 6.45) is 3.01. The lowest BCUT2D eigenvalue weighted by Gasteiger charge is -2.41. The second-order valence-corrected chi connectivity index (χ2v) is 8.46. The van der Waals surface area contributed by atoms with Crippen LogP contribution in [0.2, 0.25) is 0 Å². The van der Waals surface area contributed by atoms with Gasteiger partial charge in [0, 0.05) is 44.7 Å². The van der Waals surface area contributed by atoms with Gasteiger partial charge in [-0.15, -0.1) is 0 Å². The molecule has 0 saturated carbocycles. The molecule has 0 N–H and O–H groups in total. The Balaban J connectivity index is 1.27. The van der Waals surface area contributed by atoms with Gasteiger partial charge < -0.3 is 24.2 Å². The van der Waals surface area contributed by atoms with Crippen LogP contribution >= 0.6 is 0 Å². The minimum absolute atomic E-state index is 0.0386. The van der Waals surface area contributed by atoms with E-state index in [2.05, 4.69) is 0 Å². The van der Waals surface area contributed by atoms with E-state index in [1.54, 1.807) is 19.2 Å². The molecule has 0 aliphatic carbocycles. The van der Waals surface area contributed by atoms with E-state index >= 15 is 0 Å². The highest BCUT2D eigenvalue weighted by molar-refractivity contribution is 5.97. The first kappa shape index (κ1) is 21.6. The molecule has 3 aliphatic rings. The van der Waals surface area contributed by atoms with Gasteiger partial charge in [-0.3, -0.25) is 14.4 Å². The van der Waals surface area contributed by atoms with Crippen LogP contribution in [0.3, 0.4) is 0 Å². The molecular formula is C23H31N3O5. The lowest BCUT2D eigenvalue weighted by molar-refractivity contribution is -0.148. The van der Waals surface area contributed by atoms with Crippen molar-refractivity contribution in [1.29, 1.82) is 0 Å². The van der Waals surface area contributed by atoms with E-state index in [1.807, 2.05) is 26.8 Å². The Kier molecular flexibility index (Phi) is 6.75. The Hall–Kier alpha value is -2.61. The summed E-state index contributed by atoms with van der Waals surface area (Å²) in [4.78, 5) is 43.7. The van der Waals surface area contributed by atoms with E-state index in [9.17, 15) is 14.4 Å². The maximum Gasteiger partial charge on any atom is 0.257 e. The molecule has 8 nitrogen and oxygen atoms in total. The van der Waals surface area contributed by atoms with Crippen LogP contribution in [0.25, 0.3) is 0 Å². The number of methoxy groups -OCH3 is 1. The van der Waals surface area contributed by atoms with Crippen LogP contribution in [0.4, 0.5) is 0 Å². The highest BCUT2D eigenvalue weighted by atomic mass is 16.5. The third-order valence-corrected chi connectivity index (χ3v) is 6.71. The smallest absolute Gasteiger partial charge is 0.257 e. The van der Waals surface area contributed by atoms with Crippen molar-refractivity contribution in [1.82, 2.24) is 14.7 Å². The van der Waals surface area contributed by atoms with Crippen molar-refractivity contribution in [3.63, 3.8) is 0 Å². The molecule has 4 rings (SSSR count). The number of carbonyl (C=O) groups is 3. The quantitative estimate of drug-likeness (QED) is 0.723. The zero-order valence-electron chi connectivity index (χ0n) is 18.1. The first-order valence-corrected chi connectivity index (χ1v) is 11.2. The van der Waals surface area contributed by atoms with E-state index in [1.165, 1.54) is 0 Å². The molecule has 31 heavy (non-hydrogen) atoms. The fourth-order valence-electron chi connectivity index (χ4n) is 4.89. The van der Waals surface area contributed by atoms with Crippen molar-refractivity contribution < 1.29 is 23.9 Å². The van der Waals surface area contributed by atoms with Crippen molar-refractivity contribution in [2.24, 2.45) is 5.92 Å². The average Bonchev–Trinajstić information content (AvgIpc) is 2.83. The molecule has 3 fully saturated rings. The number of benzene rings is 1. The molecule has 8 heteroatoms. The molecule has 1 aromatic carbocycles. The zero-order chi connectivity index (χ0) is 21.8. The average molecular weight is 430 g/mol. The van der Waals surface area contributed by atoms with Crippen LogP contribution in [0.1, 0.15) is 36.0 Å². The number of morpholine rings is 1. The van der Waals surface area contributed by atoms with Crippen molar-refractivity contribution >= 4 is 17.7 Å². The molecule has 0 radical (unpaired) electrons. The predicted octanol–water partition coefficient (Wildman–Crippen LogP) is 1.40. The largest absolute Gasteiger partial charge is 0.496 e. The minimum Gasteiger partial charge on any atom is -0.496 e. The summed E-state index contributed by atoms with van der Waals surface area (Å²) >= 11 is 0. The van der Waals surface area contributed by atoms with E-state index in [0.29, 0.717) is 63.5 Å². The number of likely N-dealkylation sites (tertiary alicyclic amines) is 2. The standard InChI is InChI=1S/C23H31N3O5/c1-30-20-5-3-2-4-19(20)23(29)25-10-6-17(7-11-25)22(28)24-12-8-18(9-13-24)26-14-15-31-16-21(26)27/h2-5,17-18H,6-16H2,1H3. The van der Waals surface area contributed by atoms with Gasteiger partial charge in [-0.05, 0) is 37.8 Å². The topological polar surface area (TPSA) is 79.4 Å². The predicted molar refractivity (Wildman–Crippen MR) is 114 cm³/mol. The van der Waals surface area contributed by atoms with Crippen molar-refractivity contribution in [2.45, 2.75) is 31.7 Å². The Morgan fingerprint density at radius 1 is 0.968 bits per heavy atom. The van der Waals surface area contributed by atoms with Crippen molar-refractivity contribution in [2.75, 3.05) is 53.0 Å². The van der Waals surface area contributed by atoms with Gasteiger partial charge in [0.2, 0.25) is 11.8 Å². The Morgan fingerprint density at radius 3 is 2.32 bits per heavy atom. The summed E-state index contributed by atoms with van der Waals surface area (Å²) in [5, 5.41) is 0. The minimum atomic E-state index is -0.0423. The molecule has 0 spiro atoms. The monoisotopic (exact) mass is 429 g/mol. The second-order valence-electron chi connectivity index (χ2n) is 8.46. The van der Waals surface area contributed by atoms with Crippen molar-refractivity contribution in [3.8, 4) is 5.75 Å². The molecule has 3 saturated heterocycles. The van der Waals surface area contributed by atoms with E-state index in [4.69, 9.17) is 9.47 Å². The van der Waals surface area contributed by atoms with Gasteiger partial charge in [-0.2, -0.15) is 0 Å². The Labute approximate surface area is 183 Å². The number of hydrogen-bond acceptors (Lipinski definition) is 5. The molecule has 0 bridgehead atoms. The van der Waals surface area contributed by atoms with Gasteiger partial charge in [0.1, 0.15) is 12.4 Å². The summed E-state index contributed by atoms with van der Waals surface area (Å²) in [6.45, 7) is 3.94. The van der Waals surface area contributed by atoms with Crippen LogP contribution in [-0.2, 0) is 14.3 Å². The molecule has 1 aromatic rings. The molecule has 3 heterocycles. The Bertz CT molecular complexity index is 813. The summed E-state index contributed by atoms with van der Waals surface area (Å²) < 4.78 is 10.5. The summed E-state index contributed by atoms with van der Waals surface area (Å²) in [7, 11) is 1.56. The second kappa shape index (κ2) is 9.68. The van der Waals surface area contributed by atoms with Gasteiger partial charge in [0.05, 0.1) is 19.3 Å². The maximum absolute atomic E-state index is 13.0. The number of carbonyl (C=O) groups excluding carboxylic acids is 3. The van der Waals surface area contributed by atoms with Crippen LogP contribution < -0.4 is 4.74 Å². The number of piperidine rings is 2. The third-order valence-electron chi connectivity index (χ3n) is 6.71. The molecule has 0 aromatic heterocycles. The fraction of sp³-hybridized carbons (Fsp3) is 0.609. The van der Waals surface area contributed by atoms with E-state index in [-0.39, 0.29) is 36.3 Å². The van der Waals surface area contributed by atoms with Gasteiger partial charge in [-0.1, -0.05) is 12.1 Å². The van der Waals surface area contributed by atoms with Gasteiger partial charge in [-0.25, -0.2) is 0 Å². The van der Waals surface area contributed by atoms with E-state index < -0.39 is 0 Å². The molecular weight excluding hydrogens is 398 g/mol. The Morgan fingerprint density at radius 2 is 1.65 bits per heavy atom. The van der Waals surface area contributed by atoms with Crippen LogP contribution in [-0.4, -0.2) is 91.5 Å². The summed E-state index contributed by atoms with van der Waals surface area (Å²) in [5.74, 6) is 0.745. The highest BCUT2D eigenvalue weighted by Crippen LogP contribution is 2.26. The molecule has 168 valence electrons. The van der Waals surface area contributed by atoms with Crippen LogP contribution in [0.15, 0.2) is 24.3 Å². The van der Waals surface area contributed by atoms with Crippen LogP contribution in [0, 0.1) is 5.92 Å². The molecule has 0 unspecified atom stereocenters. The highest BCUT2D eigenvalue weighted by Gasteiger charge is 2.35. The molecule has 3 amide bonds. The lowest BCUT2D eigenvalue weighted by atomic mass is 9.93. The molecule has 0 atom stereocenters. The summed E-state index contributed by atoms with van der Waals surface area (Å²) in [5.41, 5.74) is 0.564. The number of nitrogens with zero attached hydrogens (tertiary/aromatic N) is 3. The number of amides is 3. The molecule has 3 aliphatic heterocycles. The number of para-hydroxylation sites is 1. The lowest BCUT2D eigenvalue weighted by Crippen LogP contribution is -2.53. The SMILES string of the molecule is COc1ccccc1C(=O)N1CCC(C(=O)N2CCC(N3CCOCC3=O)CC2)CC1. The number of ether oxygens (including phenoxy) is 2. The number of rotatable bonds is 4. The first-order valence-electron chi connectivity index (χ1n) is 11.2. The maximum atomic E-state index is 13.0. The number of hydrogen-bond donors (Lipinski definition) is 0. The van der Waals surface area contributed by atoms with Crippen molar-refractivity contribution in [3.05, 3.63) is 29.8 Å². The normalized spacial score (nSPS) is 21.3. The van der Waals surface area contributed by atoms with E-state index in [0.717, 1.165) is 12.8 Å². The van der Waals surface area contributed by atoms with Gasteiger partial charge in [0.15, 0.2) is 0 Å². The van der Waals surface area contributed by atoms with Gasteiger partial charge in [0.25, 0.3) is 5.91 Å². The summed E-state index contributed by atoms with van der Waals surface area (Å²) in [6, 6.07) is 7.46. The van der Waals surface area contributed by atoms with Gasteiger partial charge >= 0.3 is 0 Å². The third kappa shape index (κ3) is 4.69. The zero-order valence-corrected chi connectivity index (χ0v) is 18.1.